The quantitative estimate of drug-likeness (QED) is 0.603. The predicted molar refractivity (Wildman–Crippen MR) is 110 cm³/mol. The van der Waals surface area contributed by atoms with Gasteiger partial charge in [0.1, 0.15) is 17.0 Å². The minimum absolute atomic E-state index is 0.144. The molecular weight excluding hydrogens is 389 g/mol. The Morgan fingerprint density at radius 3 is 2.60 bits per heavy atom. The lowest BCUT2D eigenvalue weighted by Gasteiger charge is -2.11. The molecule has 0 bridgehead atoms. The Hall–Kier alpha value is -3.55. The number of aryl methyl sites for hydroxylation is 2. The van der Waals surface area contributed by atoms with Crippen molar-refractivity contribution in [1.82, 2.24) is 14.9 Å². The number of nitrogens with zero attached hydrogens (tertiary/aromatic N) is 2. The number of ether oxygens (including phenoxy) is 1. The minimum atomic E-state index is -0.863. The first-order chi connectivity index (χ1) is 14.4. The highest BCUT2D eigenvalue weighted by molar-refractivity contribution is 5.94. The van der Waals surface area contributed by atoms with Crippen LogP contribution in [0.5, 0.6) is 0 Å². The molecule has 0 fully saturated rings. The molecule has 0 aliphatic heterocycles. The summed E-state index contributed by atoms with van der Waals surface area (Å²) in [6.07, 6.45) is 1.92. The van der Waals surface area contributed by atoms with Gasteiger partial charge in [0.15, 0.2) is 6.61 Å². The molecule has 0 saturated carbocycles. The van der Waals surface area contributed by atoms with Crippen LogP contribution in [0.2, 0.25) is 0 Å². The molecule has 1 N–H and O–H groups in total. The molecule has 0 aliphatic rings. The van der Waals surface area contributed by atoms with E-state index in [1.807, 2.05) is 13.8 Å². The van der Waals surface area contributed by atoms with Crippen molar-refractivity contribution in [1.29, 1.82) is 0 Å². The van der Waals surface area contributed by atoms with Gasteiger partial charge in [-0.3, -0.25) is 9.59 Å². The maximum Gasteiger partial charge on any atom is 0.344 e. The van der Waals surface area contributed by atoms with Gasteiger partial charge in [-0.05, 0) is 50.1 Å². The van der Waals surface area contributed by atoms with Crippen LogP contribution in [-0.4, -0.2) is 34.6 Å². The smallest absolute Gasteiger partial charge is 0.344 e. The van der Waals surface area contributed by atoms with Gasteiger partial charge in [-0.1, -0.05) is 12.1 Å². The van der Waals surface area contributed by atoms with E-state index in [9.17, 15) is 18.8 Å². The number of nitrogens with one attached hydrogen (secondary N) is 1. The van der Waals surface area contributed by atoms with Crippen molar-refractivity contribution in [3.63, 3.8) is 0 Å². The SMILES string of the molecule is CCn1cc(C(=O)OCC(=O)NCCc2ccc(F)cc2)c(=O)c2ccc(C)nc21. The lowest BCUT2D eigenvalue weighted by atomic mass is 10.1. The number of halogens is 1. The zero-order valence-electron chi connectivity index (χ0n) is 16.8. The Labute approximate surface area is 172 Å². The van der Waals surface area contributed by atoms with Gasteiger partial charge in [0.05, 0.1) is 5.39 Å². The number of rotatable bonds is 7. The van der Waals surface area contributed by atoms with Crippen molar-refractivity contribution in [2.45, 2.75) is 26.8 Å². The van der Waals surface area contributed by atoms with Gasteiger partial charge in [-0.15, -0.1) is 0 Å². The zero-order chi connectivity index (χ0) is 21.7. The van der Waals surface area contributed by atoms with E-state index in [0.717, 1.165) is 11.3 Å². The largest absolute Gasteiger partial charge is 0.452 e. The van der Waals surface area contributed by atoms with Crippen LogP contribution in [0, 0.1) is 12.7 Å². The molecule has 0 unspecified atom stereocenters. The molecule has 0 aliphatic carbocycles. The molecule has 2 aromatic heterocycles. The van der Waals surface area contributed by atoms with Crippen LogP contribution in [0.15, 0.2) is 47.4 Å². The van der Waals surface area contributed by atoms with Gasteiger partial charge in [0.2, 0.25) is 5.43 Å². The monoisotopic (exact) mass is 411 g/mol. The van der Waals surface area contributed by atoms with E-state index in [1.54, 1.807) is 28.8 Å². The number of esters is 1. The van der Waals surface area contributed by atoms with Gasteiger partial charge < -0.3 is 14.6 Å². The van der Waals surface area contributed by atoms with Gasteiger partial charge in [-0.25, -0.2) is 14.2 Å². The molecule has 0 atom stereocenters. The summed E-state index contributed by atoms with van der Waals surface area (Å²) in [5, 5.41) is 2.94. The third-order valence-electron chi connectivity index (χ3n) is 4.60. The molecule has 3 rings (SSSR count). The fourth-order valence-corrected chi connectivity index (χ4v) is 3.00. The van der Waals surface area contributed by atoms with Crippen molar-refractivity contribution < 1.29 is 18.7 Å². The Bertz CT molecular complexity index is 1140. The average molecular weight is 411 g/mol. The lowest BCUT2D eigenvalue weighted by Crippen LogP contribution is -2.31. The van der Waals surface area contributed by atoms with Gasteiger partial charge in [-0.2, -0.15) is 0 Å². The van der Waals surface area contributed by atoms with Gasteiger partial charge in [0.25, 0.3) is 5.91 Å². The third-order valence-corrected chi connectivity index (χ3v) is 4.60. The number of fused-ring (bicyclic) bond motifs is 1. The van der Waals surface area contributed by atoms with E-state index >= 15 is 0 Å². The summed E-state index contributed by atoms with van der Waals surface area (Å²) in [5.74, 6) is -1.67. The van der Waals surface area contributed by atoms with E-state index < -0.39 is 23.9 Å². The van der Waals surface area contributed by atoms with Crippen molar-refractivity contribution in [2.24, 2.45) is 0 Å². The lowest BCUT2D eigenvalue weighted by molar-refractivity contribution is -0.124. The number of benzene rings is 1. The molecule has 30 heavy (non-hydrogen) atoms. The fourth-order valence-electron chi connectivity index (χ4n) is 3.00. The first-order valence-corrected chi connectivity index (χ1v) is 9.58. The fraction of sp³-hybridized carbons (Fsp3) is 0.273. The summed E-state index contributed by atoms with van der Waals surface area (Å²) in [6.45, 7) is 4.01. The van der Waals surface area contributed by atoms with Crippen molar-refractivity contribution in [2.75, 3.05) is 13.2 Å². The standard InChI is InChI=1S/C22H22FN3O4/c1-3-26-12-18(20(28)17-9-4-14(2)25-21(17)26)22(29)30-13-19(27)24-11-10-15-5-7-16(23)8-6-15/h4-9,12H,3,10-11,13H2,1-2H3,(H,24,27). The maximum absolute atomic E-state index is 12.9. The first kappa shape index (κ1) is 21.2. The van der Waals surface area contributed by atoms with Crippen LogP contribution < -0.4 is 10.7 Å². The number of amides is 1. The Kier molecular flexibility index (Phi) is 6.56. The highest BCUT2D eigenvalue weighted by atomic mass is 19.1. The Morgan fingerprint density at radius 2 is 1.90 bits per heavy atom. The van der Waals surface area contributed by atoms with Gasteiger partial charge in [0, 0.05) is 25.0 Å². The molecule has 1 amide bonds. The number of carbonyl (C=O) groups is 2. The molecule has 0 spiro atoms. The molecule has 7 nitrogen and oxygen atoms in total. The highest BCUT2D eigenvalue weighted by Crippen LogP contribution is 2.11. The molecule has 8 heteroatoms. The maximum atomic E-state index is 12.9. The number of aromatic nitrogens is 2. The van der Waals surface area contributed by atoms with Crippen LogP contribution in [0.1, 0.15) is 28.5 Å². The van der Waals surface area contributed by atoms with E-state index in [1.165, 1.54) is 18.3 Å². The van der Waals surface area contributed by atoms with Crippen molar-refractivity contribution in [3.05, 3.63) is 75.5 Å². The molecule has 156 valence electrons. The minimum Gasteiger partial charge on any atom is -0.452 e. The van der Waals surface area contributed by atoms with Crippen LogP contribution in [0.4, 0.5) is 4.39 Å². The van der Waals surface area contributed by atoms with Crippen molar-refractivity contribution in [3.8, 4) is 0 Å². The van der Waals surface area contributed by atoms with Gasteiger partial charge >= 0.3 is 5.97 Å². The van der Waals surface area contributed by atoms with E-state index in [2.05, 4.69) is 10.3 Å². The predicted octanol–water partition coefficient (Wildman–Crippen LogP) is 2.38. The summed E-state index contributed by atoms with van der Waals surface area (Å²) in [6, 6.07) is 9.30. The Balaban J connectivity index is 1.61. The second kappa shape index (κ2) is 9.30. The van der Waals surface area contributed by atoms with E-state index in [0.29, 0.717) is 30.5 Å². The zero-order valence-corrected chi connectivity index (χ0v) is 16.8. The van der Waals surface area contributed by atoms with Crippen LogP contribution in [0.3, 0.4) is 0 Å². The molecule has 2 heterocycles. The Morgan fingerprint density at radius 1 is 1.17 bits per heavy atom. The number of hydrogen-bond donors (Lipinski definition) is 1. The number of hydrogen-bond acceptors (Lipinski definition) is 5. The highest BCUT2D eigenvalue weighted by Gasteiger charge is 2.18. The third kappa shape index (κ3) is 4.89. The number of carbonyl (C=O) groups excluding carboxylic acids is 2. The van der Waals surface area contributed by atoms with Crippen LogP contribution in [0.25, 0.3) is 11.0 Å². The molecule has 3 aromatic rings. The van der Waals surface area contributed by atoms with Crippen molar-refractivity contribution >= 4 is 22.9 Å². The summed E-state index contributed by atoms with van der Waals surface area (Å²) >= 11 is 0. The second-order valence-electron chi connectivity index (χ2n) is 6.78. The first-order valence-electron chi connectivity index (χ1n) is 9.58. The van der Waals surface area contributed by atoms with E-state index in [-0.39, 0.29) is 11.4 Å². The normalized spacial score (nSPS) is 10.8. The van der Waals surface area contributed by atoms with Crippen LogP contribution >= 0.6 is 0 Å². The molecule has 0 radical (unpaired) electrons. The summed E-state index contributed by atoms with van der Waals surface area (Å²) < 4.78 is 19.6. The topological polar surface area (TPSA) is 90.3 Å². The van der Waals surface area contributed by atoms with Crippen LogP contribution in [-0.2, 0) is 22.5 Å². The molecule has 1 aromatic carbocycles. The number of pyridine rings is 2. The van der Waals surface area contributed by atoms with E-state index in [4.69, 9.17) is 4.74 Å². The summed E-state index contributed by atoms with van der Waals surface area (Å²) in [7, 11) is 0. The summed E-state index contributed by atoms with van der Waals surface area (Å²) in [4.78, 5) is 41.4. The molecule has 0 saturated heterocycles. The average Bonchev–Trinajstić information content (AvgIpc) is 2.73. The summed E-state index contributed by atoms with van der Waals surface area (Å²) in [5.41, 5.74) is 1.50. The molecular formula is C22H22FN3O4. The second-order valence-corrected chi connectivity index (χ2v) is 6.78.